The van der Waals surface area contributed by atoms with Gasteiger partial charge in [-0.15, -0.1) is 24.8 Å². The van der Waals surface area contributed by atoms with Crippen LogP contribution in [-0.4, -0.2) is 31.1 Å². The van der Waals surface area contributed by atoms with Gasteiger partial charge in [-0.05, 0) is 19.9 Å². The van der Waals surface area contributed by atoms with Crippen LogP contribution in [0, 0.1) is 0 Å². The molecule has 0 radical (unpaired) electrons. The summed E-state index contributed by atoms with van der Waals surface area (Å²) in [6, 6.07) is 0.826. The molecule has 4 heteroatoms. The molecule has 2 nitrogen and oxygen atoms in total. The van der Waals surface area contributed by atoms with E-state index in [1.807, 2.05) is 0 Å². The van der Waals surface area contributed by atoms with Crippen LogP contribution in [0.5, 0.6) is 0 Å². The molecule has 2 N–H and O–H groups in total. The van der Waals surface area contributed by atoms with E-state index in [0.29, 0.717) is 0 Å². The number of rotatable bonds is 3. The van der Waals surface area contributed by atoms with Crippen LogP contribution in [0.3, 0.4) is 0 Å². The standard InChI is InChI=1S/C9H20N2.2ClH/c1-11(8-7-10)9-5-3-2-4-6-9;;/h9H,2-8,10H2,1H3;2*1H. The number of hydrogen-bond donors (Lipinski definition) is 1. The van der Waals surface area contributed by atoms with E-state index in [2.05, 4.69) is 11.9 Å². The van der Waals surface area contributed by atoms with E-state index in [1.165, 1.54) is 32.1 Å². The molecule has 1 aliphatic carbocycles. The summed E-state index contributed by atoms with van der Waals surface area (Å²) in [5.41, 5.74) is 5.49. The van der Waals surface area contributed by atoms with E-state index in [9.17, 15) is 0 Å². The highest BCUT2D eigenvalue weighted by Gasteiger charge is 2.16. The molecule has 1 fully saturated rings. The van der Waals surface area contributed by atoms with E-state index in [0.717, 1.165) is 19.1 Å². The lowest BCUT2D eigenvalue weighted by molar-refractivity contribution is 0.196. The predicted octanol–water partition coefficient (Wildman–Crippen LogP) is 2.05. The molecule has 0 aliphatic heterocycles. The van der Waals surface area contributed by atoms with E-state index in [1.54, 1.807) is 0 Å². The number of hydrogen-bond acceptors (Lipinski definition) is 2. The SMILES string of the molecule is CN(CCN)C1CCCCC1.Cl.Cl. The first-order valence-corrected chi connectivity index (χ1v) is 4.75. The summed E-state index contributed by atoms with van der Waals surface area (Å²) in [4.78, 5) is 2.42. The summed E-state index contributed by atoms with van der Waals surface area (Å²) in [6.07, 6.45) is 7.04. The third kappa shape index (κ3) is 5.74. The molecule has 0 unspecified atom stereocenters. The van der Waals surface area contributed by atoms with Crippen LogP contribution < -0.4 is 5.73 Å². The van der Waals surface area contributed by atoms with E-state index in [4.69, 9.17) is 5.73 Å². The summed E-state index contributed by atoms with van der Waals surface area (Å²) in [7, 11) is 2.20. The summed E-state index contributed by atoms with van der Waals surface area (Å²) in [5.74, 6) is 0. The number of nitrogens with zero attached hydrogens (tertiary/aromatic N) is 1. The van der Waals surface area contributed by atoms with Gasteiger partial charge in [0.15, 0.2) is 0 Å². The van der Waals surface area contributed by atoms with Crippen molar-refractivity contribution in [3.8, 4) is 0 Å². The fraction of sp³-hybridized carbons (Fsp3) is 1.00. The molecule has 0 spiro atoms. The molecule has 13 heavy (non-hydrogen) atoms. The molecule has 0 aromatic rings. The van der Waals surface area contributed by atoms with Crippen molar-refractivity contribution in [3.63, 3.8) is 0 Å². The maximum Gasteiger partial charge on any atom is 0.0104 e. The molecular weight excluding hydrogens is 207 g/mol. The minimum Gasteiger partial charge on any atom is -0.329 e. The highest BCUT2D eigenvalue weighted by molar-refractivity contribution is 5.85. The minimum atomic E-state index is 0. The monoisotopic (exact) mass is 228 g/mol. The molecule has 1 aliphatic rings. The largest absolute Gasteiger partial charge is 0.329 e. The second-order valence-corrected chi connectivity index (χ2v) is 3.56. The Balaban J connectivity index is 0. The zero-order chi connectivity index (χ0) is 8.10. The van der Waals surface area contributed by atoms with Gasteiger partial charge in [0, 0.05) is 19.1 Å². The van der Waals surface area contributed by atoms with Gasteiger partial charge in [-0.2, -0.15) is 0 Å². The Labute approximate surface area is 94.1 Å². The first kappa shape index (κ1) is 15.9. The Morgan fingerprint density at radius 3 is 2.15 bits per heavy atom. The maximum atomic E-state index is 5.49. The van der Waals surface area contributed by atoms with E-state index < -0.39 is 0 Å². The van der Waals surface area contributed by atoms with Gasteiger partial charge >= 0.3 is 0 Å². The molecule has 1 saturated carbocycles. The molecule has 0 aromatic heterocycles. The predicted molar refractivity (Wildman–Crippen MR) is 63.1 cm³/mol. The van der Waals surface area contributed by atoms with Gasteiger partial charge in [0.1, 0.15) is 0 Å². The van der Waals surface area contributed by atoms with Gasteiger partial charge in [-0.1, -0.05) is 19.3 Å². The highest BCUT2D eigenvalue weighted by atomic mass is 35.5. The average Bonchev–Trinajstić information content (AvgIpc) is 2.07. The van der Waals surface area contributed by atoms with E-state index in [-0.39, 0.29) is 24.8 Å². The number of nitrogens with two attached hydrogens (primary N) is 1. The topological polar surface area (TPSA) is 29.3 Å². The van der Waals surface area contributed by atoms with Gasteiger partial charge in [-0.3, -0.25) is 0 Å². The van der Waals surface area contributed by atoms with Crippen molar-refractivity contribution >= 4 is 24.8 Å². The first-order valence-electron chi connectivity index (χ1n) is 4.75. The molecule has 0 bridgehead atoms. The molecule has 0 saturated heterocycles. The van der Waals surface area contributed by atoms with Crippen LogP contribution in [0.1, 0.15) is 32.1 Å². The second kappa shape index (κ2) is 9.07. The Morgan fingerprint density at radius 1 is 1.15 bits per heavy atom. The first-order chi connectivity index (χ1) is 5.34. The van der Waals surface area contributed by atoms with Crippen LogP contribution in [0.15, 0.2) is 0 Å². The van der Waals surface area contributed by atoms with Crippen molar-refractivity contribution in [2.45, 2.75) is 38.1 Å². The maximum absolute atomic E-state index is 5.49. The molecule has 0 atom stereocenters. The zero-order valence-corrected chi connectivity index (χ0v) is 10.0. The number of likely N-dealkylation sites (N-methyl/N-ethyl adjacent to an activating group) is 1. The lowest BCUT2D eigenvalue weighted by atomic mass is 9.94. The summed E-state index contributed by atoms with van der Waals surface area (Å²) >= 11 is 0. The zero-order valence-electron chi connectivity index (χ0n) is 8.37. The van der Waals surface area contributed by atoms with Crippen LogP contribution >= 0.6 is 24.8 Å². The smallest absolute Gasteiger partial charge is 0.0104 e. The highest BCUT2D eigenvalue weighted by Crippen LogP contribution is 2.20. The Kier molecular flexibility index (Phi) is 11.1. The van der Waals surface area contributed by atoms with Crippen LogP contribution in [0.2, 0.25) is 0 Å². The molecule has 0 amide bonds. The third-order valence-corrected chi connectivity index (χ3v) is 2.68. The average molecular weight is 229 g/mol. The van der Waals surface area contributed by atoms with Gasteiger partial charge in [0.05, 0.1) is 0 Å². The van der Waals surface area contributed by atoms with Gasteiger partial charge in [0.2, 0.25) is 0 Å². The fourth-order valence-electron chi connectivity index (χ4n) is 1.91. The van der Waals surface area contributed by atoms with Crippen molar-refractivity contribution in [1.82, 2.24) is 4.90 Å². The lowest BCUT2D eigenvalue weighted by Crippen LogP contribution is -2.36. The quantitative estimate of drug-likeness (QED) is 0.802. The van der Waals surface area contributed by atoms with Crippen LogP contribution in [-0.2, 0) is 0 Å². The van der Waals surface area contributed by atoms with Crippen molar-refractivity contribution < 1.29 is 0 Å². The van der Waals surface area contributed by atoms with Crippen molar-refractivity contribution in [2.24, 2.45) is 5.73 Å². The molecule has 1 rings (SSSR count). The minimum absolute atomic E-state index is 0. The third-order valence-electron chi connectivity index (χ3n) is 2.68. The lowest BCUT2D eigenvalue weighted by Gasteiger charge is -2.30. The summed E-state index contributed by atoms with van der Waals surface area (Å²) < 4.78 is 0. The Bertz CT molecular complexity index is 106. The Hall–Kier alpha value is 0.500. The summed E-state index contributed by atoms with van der Waals surface area (Å²) in [6.45, 7) is 1.86. The van der Waals surface area contributed by atoms with Gasteiger partial charge in [0.25, 0.3) is 0 Å². The molecular formula is C9H22Cl2N2. The van der Waals surface area contributed by atoms with Crippen LogP contribution in [0.25, 0.3) is 0 Å². The second-order valence-electron chi connectivity index (χ2n) is 3.56. The Morgan fingerprint density at radius 2 is 1.69 bits per heavy atom. The molecule has 0 heterocycles. The number of halogens is 2. The van der Waals surface area contributed by atoms with Gasteiger partial charge < -0.3 is 10.6 Å². The van der Waals surface area contributed by atoms with Gasteiger partial charge in [-0.25, -0.2) is 0 Å². The molecule has 0 aromatic carbocycles. The molecule has 82 valence electrons. The van der Waals surface area contributed by atoms with Crippen molar-refractivity contribution in [2.75, 3.05) is 20.1 Å². The van der Waals surface area contributed by atoms with Crippen molar-refractivity contribution in [3.05, 3.63) is 0 Å². The summed E-state index contributed by atoms with van der Waals surface area (Å²) in [5, 5.41) is 0. The fourth-order valence-corrected chi connectivity index (χ4v) is 1.91. The van der Waals surface area contributed by atoms with E-state index >= 15 is 0 Å². The normalized spacial score (nSPS) is 17.8. The van der Waals surface area contributed by atoms with Crippen molar-refractivity contribution in [1.29, 1.82) is 0 Å². The van der Waals surface area contributed by atoms with Crippen LogP contribution in [0.4, 0.5) is 0 Å².